The molecule has 0 spiro atoms. The molecule has 0 radical (unpaired) electrons. The van der Waals surface area contributed by atoms with Crippen molar-refractivity contribution in [3.8, 4) is 11.8 Å². The lowest BCUT2D eigenvalue weighted by Crippen LogP contribution is -2.27. The van der Waals surface area contributed by atoms with E-state index in [1.54, 1.807) is 24.3 Å². The second-order valence-electron chi connectivity index (χ2n) is 4.15. The number of nitrogens with zero attached hydrogens (tertiary/aromatic N) is 2. The average molecular weight is 270 g/mol. The molecular formula is C15H11FN2O2. The fraction of sp³-hybridized carbons (Fsp3) is 0.0667. The standard InChI is InChI=1S/C15H11FN2O2/c1-18(13-5-3-2-4-10(13)9-17)15(20)12-7-6-11(16)8-14(12)19/h2-8,19H,1H3. The van der Waals surface area contributed by atoms with Gasteiger partial charge in [-0.2, -0.15) is 5.26 Å². The summed E-state index contributed by atoms with van der Waals surface area (Å²) in [5, 5.41) is 18.7. The lowest BCUT2D eigenvalue weighted by molar-refractivity contribution is 0.0990. The molecule has 0 aliphatic rings. The monoisotopic (exact) mass is 270 g/mol. The van der Waals surface area contributed by atoms with Gasteiger partial charge in [0.2, 0.25) is 0 Å². The van der Waals surface area contributed by atoms with E-state index in [0.29, 0.717) is 11.3 Å². The van der Waals surface area contributed by atoms with Crippen LogP contribution in [0.5, 0.6) is 5.75 Å². The highest BCUT2D eigenvalue weighted by atomic mass is 19.1. The Hall–Kier alpha value is -2.87. The van der Waals surface area contributed by atoms with E-state index in [0.717, 1.165) is 12.1 Å². The summed E-state index contributed by atoms with van der Waals surface area (Å²) in [5.41, 5.74) is 0.732. The third kappa shape index (κ3) is 2.45. The second kappa shape index (κ2) is 5.41. The van der Waals surface area contributed by atoms with Crippen molar-refractivity contribution in [3.05, 3.63) is 59.4 Å². The van der Waals surface area contributed by atoms with Crippen LogP contribution in [0, 0.1) is 17.1 Å². The van der Waals surface area contributed by atoms with E-state index in [1.807, 2.05) is 6.07 Å². The Morgan fingerprint density at radius 3 is 2.65 bits per heavy atom. The van der Waals surface area contributed by atoms with Crippen molar-refractivity contribution in [1.29, 1.82) is 5.26 Å². The lowest BCUT2D eigenvalue weighted by Gasteiger charge is -2.19. The average Bonchev–Trinajstić information content (AvgIpc) is 2.45. The maximum absolute atomic E-state index is 12.9. The molecule has 4 nitrogen and oxygen atoms in total. The summed E-state index contributed by atoms with van der Waals surface area (Å²) in [4.78, 5) is 13.5. The summed E-state index contributed by atoms with van der Waals surface area (Å²) in [6.07, 6.45) is 0. The van der Waals surface area contributed by atoms with Crippen LogP contribution >= 0.6 is 0 Å². The SMILES string of the molecule is CN(C(=O)c1ccc(F)cc1O)c1ccccc1C#N. The molecule has 2 aromatic carbocycles. The molecule has 0 unspecified atom stereocenters. The molecule has 0 fully saturated rings. The van der Waals surface area contributed by atoms with E-state index in [4.69, 9.17) is 5.26 Å². The van der Waals surface area contributed by atoms with Crippen molar-refractivity contribution in [2.24, 2.45) is 0 Å². The first kappa shape index (κ1) is 13.6. The Morgan fingerprint density at radius 1 is 1.30 bits per heavy atom. The summed E-state index contributed by atoms with van der Waals surface area (Å²) in [7, 11) is 1.49. The van der Waals surface area contributed by atoms with E-state index in [9.17, 15) is 14.3 Å². The third-order valence-corrected chi connectivity index (χ3v) is 2.88. The molecule has 5 heteroatoms. The molecule has 20 heavy (non-hydrogen) atoms. The number of carbonyl (C=O) groups excluding carboxylic acids is 1. The fourth-order valence-electron chi connectivity index (χ4n) is 1.84. The van der Waals surface area contributed by atoms with Gasteiger partial charge in [0.25, 0.3) is 5.91 Å². The van der Waals surface area contributed by atoms with E-state index in [2.05, 4.69) is 0 Å². The van der Waals surface area contributed by atoms with Crippen LogP contribution in [0.15, 0.2) is 42.5 Å². The molecule has 0 aliphatic heterocycles. The van der Waals surface area contributed by atoms with Crippen LogP contribution in [0.2, 0.25) is 0 Å². The number of hydrogen-bond acceptors (Lipinski definition) is 3. The number of carbonyl (C=O) groups is 1. The topological polar surface area (TPSA) is 64.3 Å². The van der Waals surface area contributed by atoms with Crippen molar-refractivity contribution >= 4 is 11.6 Å². The lowest BCUT2D eigenvalue weighted by atomic mass is 10.1. The van der Waals surface area contributed by atoms with E-state index in [-0.39, 0.29) is 5.56 Å². The molecular weight excluding hydrogens is 259 g/mol. The smallest absolute Gasteiger partial charge is 0.261 e. The number of rotatable bonds is 2. The Labute approximate surface area is 115 Å². The molecule has 0 heterocycles. The Kier molecular flexibility index (Phi) is 3.67. The quantitative estimate of drug-likeness (QED) is 0.912. The molecule has 2 aromatic rings. The minimum atomic E-state index is -0.626. The van der Waals surface area contributed by atoms with Gasteiger partial charge in [-0.25, -0.2) is 4.39 Å². The van der Waals surface area contributed by atoms with Crippen LogP contribution < -0.4 is 4.90 Å². The number of benzene rings is 2. The van der Waals surface area contributed by atoms with Gasteiger partial charge in [-0.15, -0.1) is 0 Å². The highest BCUT2D eigenvalue weighted by Gasteiger charge is 2.19. The number of halogens is 1. The number of phenolic OH excluding ortho intramolecular Hbond substituents is 1. The second-order valence-corrected chi connectivity index (χ2v) is 4.15. The zero-order valence-electron chi connectivity index (χ0n) is 10.7. The fourth-order valence-corrected chi connectivity index (χ4v) is 1.84. The first-order valence-electron chi connectivity index (χ1n) is 5.80. The molecule has 100 valence electrons. The summed E-state index contributed by atoms with van der Waals surface area (Å²) in [5.74, 6) is -1.58. The van der Waals surface area contributed by atoms with E-state index >= 15 is 0 Å². The van der Waals surface area contributed by atoms with Gasteiger partial charge in [0.05, 0.1) is 16.8 Å². The van der Waals surface area contributed by atoms with Gasteiger partial charge in [-0.05, 0) is 24.3 Å². The Morgan fingerprint density at radius 2 is 2.00 bits per heavy atom. The summed E-state index contributed by atoms with van der Waals surface area (Å²) < 4.78 is 12.9. The minimum absolute atomic E-state index is 0.0263. The number of anilines is 1. The third-order valence-electron chi connectivity index (χ3n) is 2.88. The van der Waals surface area contributed by atoms with Gasteiger partial charge in [0.1, 0.15) is 17.6 Å². The van der Waals surface area contributed by atoms with Crippen LogP contribution in [0.3, 0.4) is 0 Å². The van der Waals surface area contributed by atoms with Crippen molar-refractivity contribution in [2.45, 2.75) is 0 Å². The molecule has 0 saturated heterocycles. The molecule has 0 bridgehead atoms. The van der Waals surface area contributed by atoms with Crippen LogP contribution in [-0.2, 0) is 0 Å². The van der Waals surface area contributed by atoms with Gasteiger partial charge < -0.3 is 10.0 Å². The van der Waals surface area contributed by atoms with Crippen molar-refractivity contribution in [3.63, 3.8) is 0 Å². The maximum atomic E-state index is 12.9. The largest absolute Gasteiger partial charge is 0.507 e. The molecule has 1 amide bonds. The molecule has 0 atom stereocenters. The molecule has 0 aromatic heterocycles. The predicted octanol–water partition coefficient (Wildman–Crippen LogP) is 2.68. The number of nitriles is 1. The van der Waals surface area contributed by atoms with Gasteiger partial charge in [0, 0.05) is 13.1 Å². The van der Waals surface area contributed by atoms with Gasteiger partial charge >= 0.3 is 0 Å². The number of hydrogen-bond donors (Lipinski definition) is 1. The van der Waals surface area contributed by atoms with Crippen molar-refractivity contribution in [2.75, 3.05) is 11.9 Å². The molecule has 0 saturated carbocycles. The Bertz CT molecular complexity index is 707. The van der Waals surface area contributed by atoms with Crippen molar-refractivity contribution in [1.82, 2.24) is 0 Å². The number of aromatic hydroxyl groups is 1. The van der Waals surface area contributed by atoms with Gasteiger partial charge in [-0.3, -0.25) is 4.79 Å². The molecule has 2 rings (SSSR count). The maximum Gasteiger partial charge on any atom is 0.261 e. The van der Waals surface area contributed by atoms with E-state index < -0.39 is 17.5 Å². The van der Waals surface area contributed by atoms with Gasteiger partial charge in [0.15, 0.2) is 0 Å². The van der Waals surface area contributed by atoms with E-state index in [1.165, 1.54) is 18.0 Å². The predicted molar refractivity (Wildman–Crippen MR) is 72.0 cm³/mol. The number of amides is 1. The molecule has 1 N–H and O–H groups in total. The highest BCUT2D eigenvalue weighted by molar-refractivity contribution is 6.08. The zero-order valence-corrected chi connectivity index (χ0v) is 10.7. The van der Waals surface area contributed by atoms with Crippen LogP contribution in [0.4, 0.5) is 10.1 Å². The minimum Gasteiger partial charge on any atom is -0.507 e. The number of phenols is 1. The Balaban J connectivity index is 2.41. The highest BCUT2D eigenvalue weighted by Crippen LogP contribution is 2.24. The normalized spacial score (nSPS) is 9.85. The van der Waals surface area contributed by atoms with Crippen LogP contribution in [0.1, 0.15) is 15.9 Å². The first-order chi connectivity index (χ1) is 9.54. The summed E-state index contributed by atoms with van der Waals surface area (Å²) in [6.45, 7) is 0. The van der Waals surface area contributed by atoms with Crippen molar-refractivity contribution < 1.29 is 14.3 Å². The first-order valence-corrected chi connectivity index (χ1v) is 5.80. The summed E-state index contributed by atoms with van der Waals surface area (Å²) in [6, 6.07) is 11.8. The summed E-state index contributed by atoms with van der Waals surface area (Å²) >= 11 is 0. The number of para-hydroxylation sites is 1. The zero-order chi connectivity index (χ0) is 14.7. The van der Waals surface area contributed by atoms with Crippen LogP contribution in [-0.4, -0.2) is 18.1 Å². The molecule has 0 aliphatic carbocycles. The van der Waals surface area contributed by atoms with Crippen LogP contribution in [0.25, 0.3) is 0 Å². The van der Waals surface area contributed by atoms with Gasteiger partial charge in [-0.1, -0.05) is 12.1 Å².